The van der Waals surface area contributed by atoms with Gasteiger partial charge in [-0.25, -0.2) is 8.78 Å². The first kappa shape index (κ1) is 13.5. The fourth-order valence-corrected chi connectivity index (χ4v) is 1.48. The number of benzene rings is 1. The van der Waals surface area contributed by atoms with Crippen LogP contribution in [0.2, 0.25) is 0 Å². The van der Waals surface area contributed by atoms with Crippen molar-refractivity contribution in [1.29, 1.82) is 0 Å². The molecule has 0 unspecified atom stereocenters. The highest BCUT2D eigenvalue weighted by molar-refractivity contribution is 6.08. The predicted molar refractivity (Wildman–Crippen MR) is 60.4 cm³/mol. The van der Waals surface area contributed by atoms with Gasteiger partial charge >= 0.3 is 0 Å². The molecule has 0 bridgehead atoms. The van der Waals surface area contributed by atoms with E-state index in [0.29, 0.717) is 5.56 Å². The van der Waals surface area contributed by atoms with E-state index in [1.54, 1.807) is 24.3 Å². The minimum absolute atomic E-state index is 0.304. The molecule has 0 fully saturated rings. The molecule has 4 heteroatoms. The first-order valence-electron chi connectivity index (χ1n) is 5.47. The smallest absolute Gasteiger partial charge is 0.294 e. The third-order valence-electron chi connectivity index (χ3n) is 2.39. The van der Waals surface area contributed by atoms with Crippen LogP contribution in [0.4, 0.5) is 8.78 Å². The van der Waals surface area contributed by atoms with Gasteiger partial charge in [-0.3, -0.25) is 9.59 Å². The van der Waals surface area contributed by atoms with Crippen LogP contribution >= 0.6 is 0 Å². The summed E-state index contributed by atoms with van der Waals surface area (Å²) in [4.78, 5) is 22.2. The minimum Gasteiger partial charge on any atom is -0.294 e. The number of carbonyl (C=O) groups is 2. The van der Waals surface area contributed by atoms with Gasteiger partial charge in [0.05, 0.1) is 6.42 Å². The Labute approximate surface area is 98.6 Å². The van der Waals surface area contributed by atoms with Crippen LogP contribution in [0.15, 0.2) is 24.3 Å². The Morgan fingerprint density at radius 3 is 2.24 bits per heavy atom. The van der Waals surface area contributed by atoms with Gasteiger partial charge in [-0.05, 0) is 12.0 Å². The first-order valence-corrected chi connectivity index (χ1v) is 5.47. The fraction of sp³-hybridized carbons (Fsp3) is 0.385. The van der Waals surface area contributed by atoms with E-state index < -0.39 is 24.4 Å². The van der Waals surface area contributed by atoms with Gasteiger partial charge in [0.15, 0.2) is 5.78 Å². The zero-order valence-corrected chi connectivity index (χ0v) is 9.58. The van der Waals surface area contributed by atoms with Crippen LogP contribution in [-0.4, -0.2) is 18.0 Å². The number of hydrogen-bond acceptors (Lipinski definition) is 2. The van der Waals surface area contributed by atoms with Gasteiger partial charge in [0.2, 0.25) is 5.78 Å². The largest absolute Gasteiger partial charge is 0.296 e. The Hall–Kier alpha value is -1.58. The van der Waals surface area contributed by atoms with Crippen molar-refractivity contribution in [3.05, 3.63) is 35.4 Å². The lowest BCUT2D eigenvalue weighted by molar-refractivity contribution is -0.128. The molecule has 0 atom stereocenters. The molecule has 1 aromatic rings. The number of rotatable bonds is 6. The monoisotopic (exact) mass is 240 g/mol. The highest BCUT2D eigenvalue weighted by atomic mass is 19.3. The van der Waals surface area contributed by atoms with E-state index in [0.717, 1.165) is 18.4 Å². The summed E-state index contributed by atoms with van der Waals surface area (Å²) >= 11 is 0. The van der Waals surface area contributed by atoms with Gasteiger partial charge < -0.3 is 0 Å². The summed E-state index contributed by atoms with van der Waals surface area (Å²) in [7, 11) is 0. The molecule has 0 aliphatic rings. The zero-order chi connectivity index (χ0) is 12.8. The predicted octanol–water partition coefficient (Wildman–Crippen LogP) is 3.05. The van der Waals surface area contributed by atoms with Gasteiger partial charge in [0.25, 0.3) is 6.43 Å². The van der Waals surface area contributed by atoms with E-state index in [2.05, 4.69) is 0 Å². The molecule has 92 valence electrons. The average Bonchev–Trinajstić information content (AvgIpc) is 2.30. The maximum atomic E-state index is 12.0. The number of carbonyl (C=O) groups excluding carboxylic acids is 2. The molecule has 0 amide bonds. The second-order valence-electron chi connectivity index (χ2n) is 3.81. The molecule has 2 nitrogen and oxygen atoms in total. The topological polar surface area (TPSA) is 34.1 Å². The number of hydrogen-bond donors (Lipinski definition) is 0. The Morgan fingerprint density at radius 2 is 1.76 bits per heavy atom. The Bertz CT molecular complexity index is 396. The first-order chi connectivity index (χ1) is 8.04. The zero-order valence-electron chi connectivity index (χ0n) is 9.58. The van der Waals surface area contributed by atoms with E-state index in [-0.39, 0.29) is 0 Å². The second-order valence-corrected chi connectivity index (χ2v) is 3.81. The normalized spacial score (nSPS) is 10.6. The summed E-state index contributed by atoms with van der Waals surface area (Å²) in [5.74, 6) is -1.88. The summed E-state index contributed by atoms with van der Waals surface area (Å²) in [6.45, 7) is 2.04. The van der Waals surface area contributed by atoms with Gasteiger partial charge in [0.1, 0.15) is 0 Å². The van der Waals surface area contributed by atoms with Crippen LogP contribution in [0.1, 0.15) is 35.7 Å². The van der Waals surface area contributed by atoms with E-state index in [4.69, 9.17) is 0 Å². The minimum atomic E-state index is -3.07. The molecule has 0 heterocycles. The maximum absolute atomic E-state index is 12.0. The lowest BCUT2D eigenvalue weighted by Gasteiger charge is -2.02. The van der Waals surface area contributed by atoms with Gasteiger partial charge in [0, 0.05) is 5.56 Å². The van der Waals surface area contributed by atoms with Gasteiger partial charge in [-0.2, -0.15) is 0 Å². The van der Waals surface area contributed by atoms with Crippen LogP contribution < -0.4 is 0 Å². The number of Topliss-reactive ketones (excluding diaryl/α,β-unsaturated/α-hetero) is 2. The molecule has 0 spiro atoms. The van der Waals surface area contributed by atoms with Crippen LogP contribution in [0.5, 0.6) is 0 Å². The van der Waals surface area contributed by atoms with E-state index in [1.807, 2.05) is 6.92 Å². The number of halogens is 2. The molecule has 1 aromatic carbocycles. The van der Waals surface area contributed by atoms with Crippen molar-refractivity contribution < 1.29 is 18.4 Å². The lowest BCUT2D eigenvalue weighted by Crippen LogP contribution is -2.15. The highest BCUT2D eigenvalue weighted by Gasteiger charge is 2.19. The quantitative estimate of drug-likeness (QED) is 0.565. The molecule has 1 rings (SSSR count). The van der Waals surface area contributed by atoms with Crippen LogP contribution in [0.3, 0.4) is 0 Å². The summed E-state index contributed by atoms with van der Waals surface area (Å²) in [6, 6.07) is 6.71. The van der Waals surface area contributed by atoms with E-state index in [1.165, 1.54) is 0 Å². The van der Waals surface area contributed by atoms with Crippen molar-refractivity contribution in [3.8, 4) is 0 Å². The Balaban J connectivity index is 2.66. The summed E-state index contributed by atoms with van der Waals surface area (Å²) < 4.78 is 23.9. The average molecular weight is 240 g/mol. The molecule has 17 heavy (non-hydrogen) atoms. The van der Waals surface area contributed by atoms with Crippen molar-refractivity contribution in [3.63, 3.8) is 0 Å². The standard InChI is InChI=1S/C13H14F2O2/c1-2-3-9-4-6-10(7-5-9)11(16)8-12(17)13(14)15/h4-7,13H,2-3,8H2,1H3. The maximum Gasteiger partial charge on any atom is 0.296 e. The number of ketones is 2. The van der Waals surface area contributed by atoms with Crippen LogP contribution in [0, 0.1) is 0 Å². The number of aryl methyl sites for hydroxylation is 1. The van der Waals surface area contributed by atoms with E-state index in [9.17, 15) is 18.4 Å². The molecule has 0 aliphatic heterocycles. The molecule has 0 N–H and O–H groups in total. The molecule has 0 saturated heterocycles. The van der Waals surface area contributed by atoms with Crippen molar-refractivity contribution in [2.24, 2.45) is 0 Å². The highest BCUT2D eigenvalue weighted by Crippen LogP contribution is 2.10. The third-order valence-corrected chi connectivity index (χ3v) is 2.39. The SMILES string of the molecule is CCCc1ccc(C(=O)CC(=O)C(F)F)cc1. The van der Waals surface area contributed by atoms with Crippen LogP contribution in [0.25, 0.3) is 0 Å². The van der Waals surface area contributed by atoms with Crippen molar-refractivity contribution in [2.45, 2.75) is 32.6 Å². The third kappa shape index (κ3) is 4.06. The summed E-state index contributed by atoms with van der Waals surface area (Å²) in [6.07, 6.45) is -1.90. The van der Waals surface area contributed by atoms with Gasteiger partial charge in [-0.1, -0.05) is 37.6 Å². The van der Waals surface area contributed by atoms with E-state index >= 15 is 0 Å². The Morgan fingerprint density at radius 1 is 1.18 bits per heavy atom. The molecular weight excluding hydrogens is 226 g/mol. The molecule has 0 saturated carbocycles. The molecular formula is C13H14F2O2. The molecule has 0 aromatic heterocycles. The fourth-order valence-electron chi connectivity index (χ4n) is 1.48. The molecule has 0 aliphatic carbocycles. The Kier molecular flexibility index (Phi) is 4.94. The van der Waals surface area contributed by atoms with Crippen LogP contribution in [-0.2, 0) is 11.2 Å². The summed E-state index contributed by atoms with van der Waals surface area (Å²) in [5, 5.41) is 0. The lowest BCUT2D eigenvalue weighted by atomic mass is 10.0. The van der Waals surface area contributed by atoms with Crippen molar-refractivity contribution >= 4 is 11.6 Å². The van der Waals surface area contributed by atoms with Crippen molar-refractivity contribution in [2.75, 3.05) is 0 Å². The second kappa shape index (κ2) is 6.23. The number of alkyl halides is 2. The molecule has 0 radical (unpaired) electrons. The van der Waals surface area contributed by atoms with Crippen molar-refractivity contribution in [1.82, 2.24) is 0 Å². The van der Waals surface area contributed by atoms with Gasteiger partial charge in [-0.15, -0.1) is 0 Å². The summed E-state index contributed by atoms with van der Waals surface area (Å²) in [5.41, 5.74) is 1.39.